The summed E-state index contributed by atoms with van der Waals surface area (Å²) >= 11 is 1.68. The van der Waals surface area contributed by atoms with Gasteiger partial charge in [0.25, 0.3) is 0 Å². The lowest BCUT2D eigenvalue weighted by atomic mass is 9.86. The number of hydrogen-bond acceptors (Lipinski definition) is 2. The van der Waals surface area contributed by atoms with Crippen LogP contribution in [-0.2, 0) is 11.2 Å². The van der Waals surface area contributed by atoms with Crippen LogP contribution in [0.15, 0.2) is 29.7 Å². The highest BCUT2D eigenvalue weighted by Crippen LogP contribution is 2.33. The summed E-state index contributed by atoms with van der Waals surface area (Å²) < 4.78 is 0. The molecule has 17 heavy (non-hydrogen) atoms. The molecule has 2 unspecified atom stereocenters. The minimum absolute atomic E-state index is 0.307. The number of nitrogens with zero attached hydrogens (tertiary/aromatic N) is 1. The van der Waals surface area contributed by atoms with Crippen LogP contribution in [0.3, 0.4) is 0 Å². The number of amides is 1. The lowest BCUT2D eigenvalue weighted by Gasteiger charge is -2.17. The Balaban J connectivity index is 1.61. The molecule has 2 atom stereocenters. The van der Waals surface area contributed by atoms with E-state index in [9.17, 15) is 4.79 Å². The van der Waals surface area contributed by atoms with Crippen molar-refractivity contribution in [2.24, 2.45) is 11.8 Å². The Kier molecular flexibility index (Phi) is 3.02. The first-order chi connectivity index (χ1) is 8.33. The molecular formula is C14H17NOS. The maximum absolute atomic E-state index is 12.2. The summed E-state index contributed by atoms with van der Waals surface area (Å²) in [5.74, 6) is 1.74. The molecule has 0 spiro atoms. The van der Waals surface area contributed by atoms with E-state index in [1.54, 1.807) is 11.3 Å². The Bertz CT molecular complexity index is 407. The first kappa shape index (κ1) is 11.0. The summed E-state index contributed by atoms with van der Waals surface area (Å²) in [6.45, 7) is 1.94. The Morgan fingerprint density at radius 2 is 2.00 bits per heavy atom. The van der Waals surface area contributed by atoms with Crippen molar-refractivity contribution in [1.29, 1.82) is 0 Å². The van der Waals surface area contributed by atoms with Crippen molar-refractivity contribution in [3.63, 3.8) is 0 Å². The van der Waals surface area contributed by atoms with Crippen molar-refractivity contribution in [3.8, 4) is 0 Å². The molecule has 1 fully saturated rings. The summed E-state index contributed by atoms with van der Waals surface area (Å²) in [5.41, 5.74) is 0. The molecule has 1 amide bonds. The standard InChI is InChI=1S/C14H17NOS/c16-14(8-13-6-3-7-17-13)15-9-11-4-1-2-5-12(11)10-15/h1-3,6-7,11-12H,4-5,8-10H2. The van der Waals surface area contributed by atoms with Crippen LogP contribution in [0.1, 0.15) is 17.7 Å². The van der Waals surface area contributed by atoms with E-state index in [1.807, 2.05) is 17.5 Å². The molecular weight excluding hydrogens is 230 g/mol. The molecule has 0 bridgehead atoms. The van der Waals surface area contributed by atoms with Gasteiger partial charge in [-0.05, 0) is 36.1 Å². The summed E-state index contributed by atoms with van der Waals surface area (Å²) in [4.78, 5) is 15.4. The normalized spacial score (nSPS) is 27.2. The van der Waals surface area contributed by atoms with Crippen LogP contribution in [0.4, 0.5) is 0 Å². The Morgan fingerprint density at radius 3 is 2.59 bits per heavy atom. The number of hydrogen-bond donors (Lipinski definition) is 0. The lowest BCUT2D eigenvalue weighted by Crippen LogP contribution is -2.30. The van der Waals surface area contributed by atoms with E-state index in [-0.39, 0.29) is 0 Å². The summed E-state index contributed by atoms with van der Waals surface area (Å²) in [7, 11) is 0. The molecule has 0 N–H and O–H groups in total. The minimum atomic E-state index is 0.307. The van der Waals surface area contributed by atoms with Gasteiger partial charge in [-0.15, -0.1) is 11.3 Å². The second-order valence-electron chi connectivity index (χ2n) is 5.02. The number of carbonyl (C=O) groups excluding carboxylic acids is 1. The number of carbonyl (C=O) groups is 1. The molecule has 0 saturated carbocycles. The highest BCUT2D eigenvalue weighted by molar-refractivity contribution is 7.10. The number of thiophene rings is 1. The predicted molar refractivity (Wildman–Crippen MR) is 70.0 cm³/mol. The fraction of sp³-hybridized carbons (Fsp3) is 0.500. The van der Waals surface area contributed by atoms with E-state index in [0.29, 0.717) is 24.2 Å². The van der Waals surface area contributed by atoms with E-state index in [1.165, 1.54) is 4.88 Å². The molecule has 2 nitrogen and oxygen atoms in total. The average Bonchev–Trinajstić information content (AvgIpc) is 2.96. The van der Waals surface area contributed by atoms with Gasteiger partial charge in [0, 0.05) is 18.0 Å². The van der Waals surface area contributed by atoms with Gasteiger partial charge in [0.1, 0.15) is 0 Å². The number of rotatable bonds is 2. The van der Waals surface area contributed by atoms with E-state index in [0.717, 1.165) is 25.9 Å². The third kappa shape index (κ3) is 2.29. The molecule has 1 aromatic heterocycles. The molecule has 3 heteroatoms. The minimum Gasteiger partial charge on any atom is -0.342 e. The molecule has 2 heterocycles. The molecule has 2 aliphatic rings. The zero-order valence-electron chi connectivity index (χ0n) is 9.84. The van der Waals surface area contributed by atoms with Crippen molar-refractivity contribution in [1.82, 2.24) is 4.90 Å². The molecule has 3 rings (SSSR count). The SMILES string of the molecule is O=C(Cc1cccs1)N1CC2CC=CCC2C1. The molecule has 0 aromatic carbocycles. The number of allylic oxidation sites excluding steroid dienone is 2. The molecule has 90 valence electrons. The van der Waals surface area contributed by atoms with Crippen molar-refractivity contribution in [3.05, 3.63) is 34.5 Å². The van der Waals surface area contributed by atoms with Gasteiger partial charge in [-0.1, -0.05) is 18.2 Å². The molecule has 1 aliphatic heterocycles. The van der Waals surface area contributed by atoms with Crippen LogP contribution in [-0.4, -0.2) is 23.9 Å². The fourth-order valence-electron chi connectivity index (χ4n) is 2.89. The highest BCUT2D eigenvalue weighted by atomic mass is 32.1. The monoisotopic (exact) mass is 247 g/mol. The van der Waals surface area contributed by atoms with Gasteiger partial charge in [-0.25, -0.2) is 0 Å². The van der Waals surface area contributed by atoms with Crippen molar-refractivity contribution in [2.45, 2.75) is 19.3 Å². The second kappa shape index (κ2) is 4.65. The Hall–Kier alpha value is -1.09. The van der Waals surface area contributed by atoms with Gasteiger partial charge in [-0.2, -0.15) is 0 Å². The largest absolute Gasteiger partial charge is 0.342 e. The second-order valence-corrected chi connectivity index (χ2v) is 6.05. The highest BCUT2D eigenvalue weighted by Gasteiger charge is 2.34. The molecule has 0 radical (unpaired) electrons. The van der Waals surface area contributed by atoms with Crippen LogP contribution in [0.2, 0.25) is 0 Å². The topological polar surface area (TPSA) is 20.3 Å². The third-order valence-electron chi connectivity index (χ3n) is 3.88. The molecule has 1 saturated heterocycles. The summed E-state index contributed by atoms with van der Waals surface area (Å²) in [6.07, 6.45) is 7.45. The number of likely N-dealkylation sites (tertiary alicyclic amines) is 1. The predicted octanol–water partition coefficient (Wildman–Crippen LogP) is 2.72. The summed E-state index contributed by atoms with van der Waals surface area (Å²) in [5, 5.41) is 2.04. The van der Waals surface area contributed by atoms with E-state index < -0.39 is 0 Å². The lowest BCUT2D eigenvalue weighted by molar-refractivity contribution is -0.129. The van der Waals surface area contributed by atoms with Gasteiger partial charge in [0.2, 0.25) is 5.91 Å². The van der Waals surface area contributed by atoms with Crippen LogP contribution >= 0.6 is 11.3 Å². The van der Waals surface area contributed by atoms with Crippen LogP contribution < -0.4 is 0 Å². The number of fused-ring (bicyclic) bond motifs is 1. The molecule has 1 aliphatic carbocycles. The first-order valence-corrected chi connectivity index (χ1v) is 7.16. The van der Waals surface area contributed by atoms with Gasteiger partial charge in [-0.3, -0.25) is 4.79 Å². The Morgan fingerprint density at radius 1 is 1.29 bits per heavy atom. The summed E-state index contributed by atoms with van der Waals surface area (Å²) in [6, 6.07) is 4.06. The van der Waals surface area contributed by atoms with Gasteiger partial charge in [0.05, 0.1) is 6.42 Å². The van der Waals surface area contributed by atoms with E-state index in [4.69, 9.17) is 0 Å². The fourth-order valence-corrected chi connectivity index (χ4v) is 3.59. The first-order valence-electron chi connectivity index (χ1n) is 6.28. The van der Waals surface area contributed by atoms with Crippen LogP contribution in [0.25, 0.3) is 0 Å². The van der Waals surface area contributed by atoms with Gasteiger partial charge >= 0.3 is 0 Å². The maximum atomic E-state index is 12.2. The van der Waals surface area contributed by atoms with Crippen LogP contribution in [0.5, 0.6) is 0 Å². The Labute approximate surface area is 106 Å². The van der Waals surface area contributed by atoms with E-state index >= 15 is 0 Å². The third-order valence-corrected chi connectivity index (χ3v) is 4.76. The average molecular weight is 247 g/mol. The van der Waals surface area contributed by atoms with Crippen molar-refractivity contribution in [2.75, 3.05) is 13.1 Å². The van der Waals surface area contributed by atoms with Gasteiger partial charge in [0.15, 0.2) is 0 Å². The zero-order valence-corrected chi connectivity index (χ0v) is 10.7. The van der Waals surface area contributed by atoms with Crippen molar-refractivity contribution < 1.29 is 4.79 Å². The van der Waals surface area contributed by atoms with E-state index in [2.05, 4.69) is 17.1 Å². The smallest absolute Gasteiger partial charge is 0.227 e. The van der Waals surface area contributed by atoms with Crippen LogP contribution in [0, 0.1) is 11.8 Å². The zero-order chi connectivity index (χ0) is 11.7. The van der Waals surface area contributed by atoms with Crippen molar-refractivity contribution >= 4 is 17.2 Å². The molecule has 1 aromatic rings. The maximum Gasteiger partial charge on any atom is 0.227 e. The quantitative estimate of drug-likeness (QED) is 0.736. The van der Waals surface area contributed by atoms with Gasteiger partial charge < -0.3 is 4.90 Å².